The van der Waals surface area contributed by atoms with Crippen LogP contribution in [0, 0.1) is 11.6 Å². The topological polar surface area (TPSA) is 46.5 Å². The van der Waals surface area contributed by atoms with Crippen LogP contribution in [0.1, 0.15) is 17.7 Å². The first-order valence-corrected chi connectivity index (χ1v) is 9.74. The zero-order chi connectivity index (χ0) is 21.3. The van der Waals surface area contributed by atoms with E-state index in [0.29, 0.717) is 38.3 Å². The molecule has 0 saturated carbocycles. The number of carbonyl (C=O) groups excluding carboxylic acids is 1. The van der Waals surface area contributed by atoms with Gasteiger partial charge in [0.2, 0.25) is 0 Å². The van der Waals surface area contributed by atoms with Crippen molar-refractivity contribution in [3.63, 3.8) is 0 Å². The van der Waals surface area contributed by atoms with Gasteiger partial charge in [-0.05, 0) is 54.4 Å². The number of ether oxygens (including phenoxy) is 1. The van der Waals surface area contributed by atoms with Crippen LogP contribution in [0.2, 0.25) is 0 Å². The average Bonchev–Trinajstić information content (AvgIpc) is 3.14. The van der Waals surface area contributed by atoms with E-state index in [2.05, 4.69) is 5.32 Å². The number of nitrogens with one attached hydrogen (secondary N) is 1. The summed E-state index contributed by atoms with van der Waals surface area (Å²) in [6.45, 7) is 1.85. The molecule has 0 aliphatic heterocycles. The SMILES string of the molecule is COCCCN(Cc1cccn1Cc1cccc(F)c1)C(=O)Nc1cccc(F)c1. The lowest BCUT2D eigenvalue weighted by Crippen LogP contribution is -2.36. The molecule has 1 aromatic heterocycles. The van der Waals surface area contributed by atoms with Gasteiger partial charge in [-0.1, -0.05) is 18.2 Å². The second kappa shape index (κ2) is 10.5. The molecule has 3 aromatic rings. The van der Waals surface area contributed by atoms with Crippen LogP contribution in [0.5, 0.6) is 0 Å². The standard InChI is InChI=1S/C23H25F2N3O2/c1-30-13-5-12-28(23(29)26-21-9-3-8-20(25)15-21)17-22-10-4-11-27(22)16-18-6-2-7-19(24)14-18/h2-4,6-11,14-15H,5,12-13,16-17H2,1H3,(H,26,29). The summed E-state index contributed by atoms with van der Waals surface area (Å²) in [7, 11) is 1.61. The first kappa shape index (κ1) is 21.5. The zero-order valence-electron chi connectivity index (χ0n) is 16.9. The Kier molecular flexibility index (Phi) is 7.57. The average molecular weight is 413 g/mol. The molecule has 5 nitrogen and oxygen atoms in total. The molecule has 1 N–H and O–H groups in total. The lowest BCUT2D eigenvalue weighted by Gasteiger charge is -2.24. The Hall–Kier alpha value is -3.19. The highest BCUT2D eigenvalue weighted by Crippen LogP contribution is 2.15. The van der Waals surface area contributed by atoms with E-state index in [0.717, 1.165) is 11.3 Å². The largest absolute Gasteiger partial charge is 0.385 e. The molecule has 7 heteroatoms. The first-order chi connectivity index (χ1) is 14.5. The van der Waals surface area contributed by atoms with Crippen molar-refractivity contribution in [1.82, 2.24) is 9.47 Å². The second-order valence-corrected chi connectivity index (χ2v) is 6.97. The van der Waals surface area contributed by atoms with Crippen molar-refractivity contribution >= 4 is 11.7 Å². The number of rotatable bonds is 9. The maximum Gasteiger partial charge on any atom is 0.322 e. The Morgan fingerprint density at radius 2 is 1.83 bits per heavy atom. The van der Waals surface area contributed by atoms with Crippen molar-refractivity contribution in [2.45, 2.75) is 19.5 Å². The van der Waals surface area contributed by atoms with Gasteiger partial charge in [-0.2, -0.15) is 0 Å². The van der Waals surface area contributed by atoms with E-state index in [1.54, 1.807) is 30.2 Å². The van der Waals surface area contributed by atoms with Gasteiger partial charge in [0, 0.05) is 44.4 Å². The van der Waals surface area contributed by atoms with Crippen molar-refractivity contribution in [3.8, 4) is 0 Å². The normalized spacial score (nSPS) is 10.8. The van der Waals surface area contributed by atoms with Crippen molar-refractivity contribution in [3.05, 3.63) is 89.8 Å². The Morgan fingerprint density at radius 1 is 1.07 bits per heavy atom. The van der Waals surface area contributed by atoms with Crippen molar-refractivity contribution < 1.29 is 18.3 Å². The van der Waals surface area contributed by atoms with Crippen LogP contribution in [0.4, 0.5) is 19.3 Å². The number of methoxy groups -OCH3 is 1. The minimum absolute atomic E-state index is 0.281. The number of hydrogen-bond acceptors (Lipinski definition) is 2. The fourth-order valence-electron chi connectivity index (χ4n) is 3.20. The van der Waals surface area contributed by atoms with Crippen LogP contribution in [-0.2, 0) is 17.8 Å². The summed E-state index contributed by atoms with van der Waals surface area (Å²) >= 11 is 0. The molecule has 1 heterocycles. The number of benzene rings is 2. The molecule has 0 radical (unpaired) electrons. The fraction of sp³-hybridized carbons (Fsp3) is 0.261. The van der Waals surface area contributed by atoms with E-state index in [1.807, 2.05) is 29.0 Å². The second-order valence-electron chi connectivity index (χ2n) is 6.97. The number of urea groups is 1. The van der Waals surface area contributed by atoms with Crippen LogP contribution in [-0.4, -0.2) is 35.8 Å². The molecule has 2 aromatic carbocycles. The van der Waals surface area contributed by atoms with Gasteiger partial charge in [0.1, 0.15) is 11.6 Å². The third-order valence-corrected chi connectivity index (χ3v) is 4.66. The molecule has 0 unspecified atom stereocenters. The number of amides is 2. The number of carbonyl (C=O) groups is 1. The van der Waals surface area contributed by atoms with Gasteiger partial charge in [-0.15, -0.1) is 0 Å². The smallest absolute Gasteiger partial charge is 0.322 e. The van der Waals surface area contributed by atoms with Crippen molar-refractivity contribution in [2.75, 3.05) is 25.6 Å². The van der Waals surface area contributed by atoms with Gasteiger partial charge in [0.05, 0.1) is 6.54 Å². The van der Waals surface area contributed by atoms with Crippen LogP contribution >= 0.6 is 0 Å². The summed E-state index contributed by atoms with van der Waals surface area (Å²) in [6.07, 6.45) is 2.57. The summed E-state index contributed by atoms with van der Waals surface area (Å²) in [5, 5.41) is 2.75. The molecule has 158 valence electrons. The minimum atomic E-state index is -0.414. The van der Waals surface area contributed by atoms with Gasteiger partial charge in [-0.25, -0.2) is 13.6 Å². The van der Waals surface area contributed by atoms with E-state index in [1.165, 1.54) is 24.3 Å². The van der Waals surface area contributed by atoms with Crippen molar-refractivity contribution in [1.29, 1.82) is 0 Å². The lowest BCUT2D eigenvalue weighted by molar-refractivity contribution is 0.171. The van der Waals surface area contributed by atoms with Crippen LogP contribution in [0.25, 0.3) is 0 Å². The molecule has 0 aliphatic carbocycles. The van der Waals surface area contributed by atoms with E-state index >= 15 is 0 Å². The maximum atomic E-state index is 13.5. The lowest BCUT2D eigenvalue weighted by atomic mass is 10.2. The Morgan fingerprint density at radius 3 is 2.57 bits per heavy atom. The summed E-state index contributed by atoms with van der Waals surface area (Å²) < 4.78 is 34.0. The highest BCUT2D eigenvalue weighted by Gasteiger charge is 2.16. The molecule has 0 fully saturated rings. The molecule has 3 rings (SSSR count). The molecule has 0 aliphatic rings. The number of aromatic nitrogens is 1. The Bertz CT molecular complexity index is 974. The predicted octanol–water partition coefficient (Wildman–Crippen LogP) is 4.89. The summed E-state index contributed by atoms with van der Waals surface area (Å²) in [4.78, 5) is 14.5. The molecule has 2 amide bonds. The van der Waals surface area contributed by atoms with Gasteiger partial charge in [0.15, 0.2) is 0 Å². The minimum Gasteiger partial charge on any atom is -0.385 e. The van der Waals surface area contributed by atoms with Crippen LogP contribution in [0.15, 0.2) is 66.9 Å². The Labute approximate surface area is 174 Å². The van der Waals surface area contributed by atoms with E-state index in [9.17, 15) is 13.6 Å². The third-order valence-electron chi connectivity index (χ3n) is 4.66. The zero-order valence-corrected chi connectivity index (χ0v) is 16.9. The summed E-state index contributed by atoms with van der Waals surface area (Å²) in [5.74, 6) is -0.695. The van der Waals surface area contributed by atoms with Gasteiger partial charge in [-0.3, -0.25) is 0 Å². The van der Waals surface area contributed by atoms with Gasteiger partial charge >= 0.3 is 6.03 Å². The Balaban J connectivity index is 1.73. The quantitative estimate of drug-likeness (QED) is 0.508. The first-order valence-electron chi connectivity index (χ1n) is 9.74. The number of hydrogen-bond donors (Lipinski definition) is 1. The van der Waals surface area contributed by atoms with E-state index in [4.69, 9.17) is 4.74 Å². The summed E-state index contributed by atoms with van der Waals surface area (Å²) in [6, 6.07) is 15.7. The molecule has 0 spiro atoms. The number of halogens is 2. The molecular formula is C23H25F2N3O2. The maximum absolute atomic E-state index is 13.5. The van der Waals surface area contributed by atoms with E-state index in [-0.39, 0.29) is 11.8 Å². The monoisotopic (exact) mass is 413 g/mol. The summed E-state index contributed by atoms with van der Waals surface area (Å²) in [5.41, 5.74) is 2.14. The van der Waals surface area contributed by atoms with Crippen molar-refractivity contribution in [2.24, 2.45) is 0 Å². The number of nitrogens with zero attached hydrogens (tertiary/aromatic N) is 2. The molecule has 0 saturated heterocycles. The van der Waals surface area contributed by atoms with Gasteiger partial charge < -0.3 is 19.5 Å². The molecule has 0 bridgehead atoms. The van der Waals surface area contributed by atoms with E-state index < -0.39 is 5.82 Å². The molecule has 30 heavy (non-hydrogen) atoms. The molecular weight excluding hydrogens is 388 g/mol. The predicted molar refractivity (Wildman–Crippen MR) is 112 cm³/mol. The highest BCUT2D eigenvalue weighted by molar-refractivity contribution is 5.89. The third kappa shape index (κ3) is 6.15. The molecule has 0 atom stereocenters. The van der Waals surface area contributed by atoms with Crippen LogP contribution in [0.3, 0.4) is 0 Å². The highest BCUT2D eigenvalue weighted by atomic mass is 19.1. The number of anilines is 1. The van der Waals surface area contributed by atoms with Crippen LogP contribution < -0.4 is 5.32 Å². The fourth-order valence-corrected chi connectivity index (χ4v) is 3.20. The van der Waals surface area contributed by atoms with Gasteiger partial charge in [0.25, 0.3) is 0 Å².